The van der Waals surface area contributed by atoms with Crippen LogP contribution in [0.2, 0.25) is 0 Å². The van der Waals surface area contributed by atoms with Crippen LogP contribution in [0.5, 0.6) is 5.75 Å². The topological polar surface area (TPSA) is 101 Å². The highest BCUT2D eigenvalue weighted by molar-refractivity contribution is 7.99. The number of halogens is 2. The molecule has 0 bridgehead atoms. The van der Waals surface area contributed by atoms with Crippen molar-refractivity contribution in [3.63, 3.8) is 0 Å². The van der Waals surface area contributed by atoms with Crippen molar-refractivity contribution in [2.45, 2.75) is 18.3 Å². The third-order valence-electron chi connectivity index (χ3n) is 4.30. The molecule has 11 heteroatoms. The molecule has 0 unspecified atom stereocenters. The van der Waals surface area contributed by atoms with Gasteiger partial charge in [-0.1, -0.05) is 23.9 Å². The van der Waals surface area contributed by atoms with Crippen LogP contribution in [-0.4, -0.2) is 36.8 Å². The van der Waals surface area contributed by atoms with E-state index in [1.54, 1.807) is 30.3 Å². The Morgan fingerprint density at radius 3 is 2.63 bits per heavy atom. The molecule has 2 N–H and O–H groups in total. The molecule has 0 saturated carbocycles. The van der Waals surface area contributed by atoms with E-state index >= 15 is 0 Å². The van der Waals surface area contributed by atoms with E-state index in [0.29, 0.717) is 39.7 Å². The number of thioether (sulfide) groups is 1. The van der Waals surface area contributed by atoms with Gasteiger partial charge in [-0.05, 0) is 36.4 Å². The number of alkyl halides is 2. The molecule has 0 aliphatic carbocycles. The number of aromatic nitrogens is 5. The summed E-state index contributed by atoms with van der Waals surface area (Å²) in [4.78, 5) is 16.8. The van der Waals surface area contributed by atoms with Crippen LogP contribution in [0, 0.1) is 0 Å². The van der Waals surface area contributed by atoms with E-state index in [0.717, 1.165) is 0 Å². The second kappa shape index (κ2) is 8.49. The van der Waals surface area contributed by atoms with Gasteiger partial charge in [-0.2, -0.15) is 8.78 Å². The zero-order chi connectivity index (χ0) is 21.1. The Morgan fingerprint density at radius 2 is 1.87 bits per heavy atom. The molecule has 0 amide bonds. The molecule has 30 heavy (non-hydrogen) atoms. The van der Waals surface area contributed by atoms with Crippen molar-refractivity contribution in [3.05, 3.63) is 65.2 Å². The van der Waals surface area contributed by atoms with Gasteiger partial charge in [0.1, 0.15) is 5.75 Å². The molecular formula is C19H16F2N6O2S. The van der Waals surface area contributed by atoms with Crippen molar-refractivity contribution < 1.29 is 13.5 Å². The number of nitrogens with two attached hydrogens (primary N) is 1. The third kappa shape index (κ3) is 4.10. The standard InChI is InChI=1S/C19H16F2N6O2S/c20-18(21)29-13-7-5-12(6-8-13)16-24-25-19(27(16)22)30-10-9-26-11-23-15-4-2-1-3-14(15)17(26)28/h1-8,11,18H,9-10,22H2. The molecule has 2 aromatic heterocycles. The number of para-hydroxylation sites is 1. The summed E-state index contributed by atoms with van der Waals surface area (Å²) in [6.45, 7) is -2.47. The number of aryl methyl sites for hydroxylation is 1. The number of nitrogen functional groups attached to an aromatic ring is 1. The summed E-state index contributed by atoms with van der Waals surface area (Å²) in [7, 11) is 0. The lowest BCUT2D eigenvalue weighted by atomic mass is 10.2. The van der Waals surface area contributed by atoms with Crippen LogP contribution in [0.25, 0.3) is 22.3 Å². The van der Waals surface area contributed by atoms with Gasteiger partial charge in [0, 0.05) is 17.9 Å². The molecule has 0 radical (unpaired) electrons. The number of rotatable bonds is 7. The number of hydrogen-bond acceptors (Lipinski definition) is 7. The van der Waals surface area contributed by atoms with Gasteiger partial charge in [0.25, 0.3) is 5.56 Å². The molecule has 154 valence electrons. The Labute approximate surface area is 173 Å². The van der Waals surface area contributed by atoms with Gasteiger partial charge >= 0.3 is 6.61 Å². The van der Waals surface area contributed by atoms with E-state index in [1.807, 2.05) is 6.07 Å². The summed E-state index contributed by atoms with van der Waals surface area (Å²) in [6.07, 6.45) is 1.52. The molecule has 0 atom stereocenters. The van der Waals surface area contributed by atoms with Gasteiger partial charge in [-0.3, -0.25) is 9.36 Å². The van der Waals surface area contributed by atoms with Crippen LogP contribution in [0.15, 0.2) is 64.8 Å². The van der Waals surface area contributed by atoms with Crippen molar-refractivity contribution in [3.8, 4) is 17.1 Å². The maximum Gasteiger partial charge on any atom is 0.387 e. The highest BCUT2D eigenvalue weighted by Gasteiger charge is 2.13. The number of nitrogens with zero attached hydrogens (tertiary/aromatic N) is 5. The minimum atomic E-state index is -2.89. The Balaban J connectivity index is 1.44. The van der Waals surface area contributed by atoms with Crippen LogP contribution in [0.4, 0.5) is 8.78 Å². The Bertz CT molecular complexity index is 1230. The first-order valence-electron chi connectivity index (χ1n) is 8.85. The van der Waals surface area contributed by atoms with Crippen molar-refractivity contribution in [1.82, 2.24) is 24.4 Å². The quantitative estimate of drug-likeness (QED) is 0.355. The van der Waals surface area contributed by atoms with Crippen LogP contribution in [0.1, 0.15) is 0 Å². The number of benzene rings is 2. The molecular weight excluding hydrogens is 414 g/mol. The zero-order valence-corrected chi connectivity index (χ0v) is 16.3. The lowest BCUT2D eigenvalue weighted by Gasteiger charge is -2.07. The van der Waals surface area contributed by atoms with Crippen LogP contribution >= 0.6 is 11.8 Å². The van der Waals surface area contributed by atoms with Crippen molar-refractivity contribution in [1.29, 1.82) is 0 Å². The number of fused-ring (bicyclic) bond motifs is 1. The number of hydrogen-bond donors (Lipinski definition) is 1. The van der Waals surface area contributed by atoms with Gasteiger partial charge in [0.05, 0.1) is 17.2 Å². The molecule has 0 saturated heterocycles. The van der Waals surface area contributed by atoms with E-state index in [2.05, 4.69) is 19.9 Å². The van der Waals surface area contributed by atoms with E-state index in [-0.39, 0.29) is 11.3 Å². The van der Waals surface area contributed by atoms with Gasteiger partial charge in [-0.15, -0.1) is 10.2 Å². The summed E-state index contributed by atoms with van der Waals surface area (Å²) in [5.41, 5.74) is 1.15. The molecule has 4 aromatic rings. The number of ether oxygens (including phenoxy) is 1. The molecule has 0 aliphatic heterocycles. The lowest BCUT2D eigenvalue weighted by molar-refractivity contribution is -0.0498. The smallest absolute Gasteiger partial charge is 0.387 e. The molecule has 0 spiro atoms. The zero-order valence-electron chi connectivity index (χ0n) is 15.5. The summed E-state index contributed by atoms with van der Waals surface area (Å²) in [5.74, 6) is 7.02. The van der Waals surface area contributed by atoms with Crippen LogP contribution in [0.3, 0.4) is 0 Å². The summed E-state index contributed by atoms with van der Waals surface area (Å²) < 4.78 is 31.7. The highest BCUT2D eigenvalue weighted by atomic mass is 32.2. The monoisotopic (exact) mass is 430 g/mol. The van der Waals surface area contributed by atoms with E-state index in [4.69, 9.17) is 5.84 Å². The Kier molecular flexibility index (Phi) is 5.61. The highest BCUT2D eigenvalue weighted by Crippen LogP contribution is 2.24. The van der Waals surface area contributed by atoms with Gasteiger partial charge in [-0.25, -0.2) is 9.66 Å². The Hall–Kier alpha value is -3.47. The molecule has 2 heterocycles. The summed E-state index contributed by atoms with van der Waals surface area (Å²) >= 11 is 1.34. The van der Waals surface area contributed by atoms with Gasteiger partial charge in [0.15, 0.2) is 5.82 Å². The summed E-state index contributed by atoms with van der Waals surface area (Å²) in [6, 6.07) is 13.1. The second-order valence-electron chi connectivity index (χ2n) is 6.19. The van der Waals surface area contributed by atoms with E-state index in [9.17, 15) is 13.6 Å². The average molecular weight is 430 g/mol. The molecule has 0 aliphatic rings. The van der Waals surface area contributed by atoms with Gasteiger partial charge in [0.2, 0.25) is 5.16 Å². The van der Waals surface area contributed by atoms with Crippen molar-refractivity contribution in [2.24, 2.45) is 0 Å². The first-order chi connectivity index (χ1) is 14.5. The van der Waals surface area contributed by atoms with E-state index < -0.39 is 6.61 Å². The molecule has 0 fully saturated rings. The van der Waals surface area contributed by atoms with Crippen LogP contribution < -0.4 is 16.1 Å². The predicted octanol–water partition coefficient (Wildman–Crippen LogP) is 2.76. The first kappa shape index (κ1) is 19.8. The SMILES string of the molecule is Nn1c(SCCn2cnc3ccccc3c2=O)nnc1-c1ccc(OC(F)F)cc1. The summed E-state index contributed by atoms with van der Waals surface area (Å²) in [5, 5.41) is 9.14. The fourth-order valence-electron chi connectivity index (χ4n) is 2.86. The minimum absolute atomic E-state index is 0.0425. The fraction of sp³-hybridized carbons (Fsp3) is 0.158. The maximum absolute atomic E-state index is 12.5. The fourth-order valence-corrected chi connectivity index (χ4v) is 3.65. The lowest BCUT2D eigenvalue weighted by Crippen LogP contribution is -2.21. The predicted molar refractivity (Wildman–Crippen MR) is 109 cm³/mol. The van der Waals surface area contributed by atoms with Crippen molar-refractivity contribution >= 4 is 22.7 Å². The largest absolute Gasteiger partial charge is 0.435 e. The van der Waals surface area contributed by atoms with E-state index in [1.165, 1.54) is 39.5 Å². The minimum Gasteiger partial charge on any atom is -0.435 e. The molecule has 4 rings (SSSR count). The maximum atomic E-state index is 12.5. The third-order valence-corrected chi connectivity index (χ3v) is 5.22. The van der Waals surface area contributed by atoms with Gasteiger partial charge < -0.3 is 10.6 Å². The first-order valence-corrected chi connectivity index (χ1v) is 9.84. The second-order valence-corrected chi connectivity index (χ2v) is 7.25. The molecule has 2 aromatic carbocycles. The normalized spacial score (nSPS) is 11.3. The average Bonchev–Trinajstić information content (AvgIpc) is 3.10. The van der Waals surface area contributed by atoms with Crippen molar-refractivity contribution in [2.75, 3.05) is 11.6 Å². The molecule has 8 nitrogen and oxygen atoms in total. The Morgan fingerprint density at radius 1 is 1.10 bits per heavy atom. The van der Waals surface area contributed by atoms with Crippen LogP contribution in [-0.2, 0) is 6.54 Å².